The molecule has 0 bridgehead atoms. The van der Waals surface area contributed by atoms with Crippen molar-refractivity contribution in [3.8, 4) is 5.75 Å². The number of ether oxygens (including phenoxy) is 2. The summed E-state index contributed by atoms with van der Waals surface area (Å²) < 4.78 is 10.0. The van der Waals surface area contributed by atoms with Crippen molar-refractivity contribution in [3.63, 3.8) is 0 Å². The average Bonchev–Trinajstić information content (AvgIpc) is 2.92. The van der Waals surface area contributed by atoms with Crippen LogP contribution in [-0.4, -0.2) is 48.9 Å². The van der Waals surface area contributed by atoms with Crippen LogP contribution in [0.4, 0.5) is 5.69 Å². The SMILES string of the molecule is COc1ccc(Cl)cc1NC(=O)COC(=O)CN1C(=O)[C@@H]2CC=CC[C@H]2C1=O. The number of halogens is 1. The zero-order chi connectivity index (χ0) is 20.3. The van der Waals surface area contributed by atoms with Crippen LogP contribution in [0.5, 0.6) is 5.75 Å². The van der Waals surface area contributed by atoms with Crippen LogP contribution in [0, 0.1) is 11.8 Å². The predicted octanol–water partition coefficient (Wildman–Crippen LogP) is 1.78. The van der Waals surface area contributed by atoms with E-state index in [9.17, 15) is 19.2 Å². The van der Waals surface area contributed by atoms with E-state index in [0.29, 0.717) is 29.3 Å². The van der Waals surface area contributed by atoms with Crippen molar-refractivity contribution < 1.29 is 28.7 Å². The zero-order valence-electron chi connectivity index (χ0n) is 15.1. The molecule has 0 radical (unpaired) electrons. The molecule has 2 atom stereocenters. The number of rotatable bonds is 6. The lowest BCUT2D eigenvalue weighted by atomic mass is 9.85. The number of fused-ring (bicyclic) bond motifs is 1. The highest BCUT2D eigenvalue weighted by atomic mass is 35.5. The smallest absolute Gasteiger partial charge is 0.326 e. The van der Waals surface area contributed by atoms with Gasteiger partial charge in [-0.2, -0.15) is 0 Å². The number of allylic oxidation sites excluding steroid dienone is 2. The Bertz CT molecular complexity index is 827. The molecule has 0 saturated carbocycles. The first-order valence-electron chi connectivity index (χ1n) is 8.70. The molecule has 1 aromatic carbocycles. The maximum Gasteiger partial charge on any atom is 0.326 e. The summed E-state index contributed by atoms with van der Waals surface area (Å²) in [5.41, 5.74) is 0.331. The molecule has 1 saturated heterocycles. The van der Waals surface area contributed by atoms with Gasteiger partial charge in [0.1, 0.15) is 12.3 Å². The van der Waals surface area contributed by atoms with E-state index in [1.807, 2.05) is 12.2 Å². The largest absolute Gasteiger partial charge is 0.495 e. The van der Waals surface area contributed by atoms with E-state index in [1.54, 1.807) is 12.1 Å². The van der Waals surface area contributed by atoms with E-state index in [2.05, 4.69) is 5.32 Å². The van der Waals surface area contributed by atoms with Gasteiger partial charge in [0.2, 0.25) is 11.8 Å². The number of likely N-dealkylation sites (tertiary alicyclic amines) is 1. The second-order valence-corrected chi connectivity index (χ2v) is 6.91. The van der Waals surface area contributed by atoms with Crippen LogP contribution >= 0.6 is 11.6 Å². The molecule has 1 aromatic rings. The molecule has 1 heterocycles. The molecule has 1 N–H and O–H groups in total. The van der Waals surface area contributed by atoms with Gasteiger partial charge < -0.3 is 14.8 Å². The highest BCUT2D eigenvalue weighted by molar-refractivity contribution is 6.31. The average molecular weight is 407 g/mol. The lowest BCUT2D eigenvalue weighted by Gasteiger charge is -2.14. The molecule has 1 fully saturated rings. The molecule has 2 aliphatic rings. The summed E-state index contributed by atoms with van der Waals surface area (Å²) in [4.78, 5) is 49.6. The van der Waals surface area contributed by atoms with Gasteiger partial charge in [0.05, 0.1) is 24.6 Å². The minimum atomic E-state index is -0.832. The zero-order valence-corrected chi connectivity index (χ0v) is 15.9. The monoisotopic (exact) mass is 406 g/mol. The summed E-state index contributed by atoms with van der Waals surface area (Å²) in [5.74, 6) is -2.61. The molecule has 0 spiro atoms. The van der Waals surface area contributed by atoms with Gasteiger partial charge in [-0.05, 0) is 31.0 Å². The van der Waals surface area contributed by atoms with Crippen molar-refractivity contribution in [2.75, 3.05) is 25.6 Å². The third-order valence-corrected chi connectivity index (χ3v) is 4.92. The number of imide groups is 1. The minimum absolute atomic E-state index is 0.331. The van der Waals surface area contributed by atoms with Gasteiger partial charge >= 0.3 is 5.97 Å². The minimum Gasteiger partial charge on any atom is -0.495 e. The fourth-order valence-electron chi connectivity index (χ4n) is 3.31. The van der Waals surface area contributed by atoms with Crippen LogP contribution in [0.1, 0.15) is 12.8 Å². The number of esters is 1. The quantitative estimate of drug-likeness (QED) is 0.439. The van der Waals surface area contributed by atoms with Crippen molar-refractivity contribution in [1.29, 1.82) is 0 Å². The first-order valence-corrected chi connectivity index (χ1v) is 9.07. The number of benzene rings is 1. The van der Waals surface area contributed by atoms with Crippen molar-refractivity contribution in [2.24, 2.45) is 11.8 Å². The number of hydrogen-bond donors (Lipinski definition) is 1. The third kappa shape index (κ3) is 4.17. The van der Waals surface area contributed by atoms with Crippen LogP contribution < -0.4 is 10.1 Å². The summed E-state index contributed by atoms with van der Waals surface area (Å²) >= 11 is 5.89. The van der Waals surface area contributed by atoms with E-state index in [1.165, 1.54) is 13.2 Å². The van der Waals surface area contributed by atoms with Crippen LogP contribution in [-0.2, 0) is 23.9 Å². The Morgan fingerprint density at radius 2 is 1.82 bits per heavy atom. The van der Waals surface area contributed by atoms with E-state index < -0.39 is 36.9 Å². The van der Waals surface area contributed by atoms with Crippen LogP contribution in [0.15, 0.2) is 30.4 Å². The maximum atomic E-state index is 12.3. The second-order valence-electron chi connectivity index (χ2n) is 6.47. The summed E-state index contributed by atoms with van der Waals surface area (Å²) in [6, 6.07) is 4.69. The van der Waals surface area contributed by atoms with Gasteiger partial charge in [0.15, 0.2) is 6.61 Å². The molecular weight excluding hydrogens is 388 g/mol. The Labute approximate surface area is 166 Å². The highest BCUT2D eigenvalue weighted by Crippen LogP contribution is 2.34. The first-order chi connectivity index (χ1) is 13.4. The molecular formula is C19H19ClN2O6. The summed E-state index contributed by atoms with van der Waals surface area (Å²) in [6.45, 7) is -1.07. The summed E-state index contributed by atoms with van der Waals surface area (Å²) in [5, 5.41) is 2.93. The van der Waals surface area contributed by atoms with Crippen LogP contribution in [0.25, 0.3) is 0 Å². The molecule has 0 aromatic heterocycles. The second kappa shape index (κ2) is 8.43. The number of carbonyl (C=O) groups is 4. The molecule has 148 valence electrons. The van der Waals surface area contributed by atoms with Gasteiger partial charge in [-0.25, -0.2) is 0 Å². The Morgan fingerprint density at radius 1 is 1.18 bits per heavy atom. The Balaban J connectivity index is 1.52. The van der Waals surface area contributed by atoms with E-state index in [4.69, 9.17) is 21.1 Å². The molecule has 9 heteroatoms. The molecule has 3 rings (SSSR count). The Morgan fingerprint density at radius 3 is 2.43 bits per heavy atom. The first kappa shape index (κ1) is 19.9. The summed E-state index contributed by atoms with van der Waals surface area (Å²) in [7, 11) is 1.44. The van der Waals surface area contributed by atoms with Crippen molar-refractivity contribution in [1.82, 2.24) is 4.90 Å². The van der Waals surface area contributed by atoms with Gasteiger partial charge in [0, 0.05) is 5.02 Å². The molecule has 1 aliphatic heterocycles. The third-order valence-electron chi connectivity index (χ3n) is 4.69. The molecule has 1 aliphatic carbocycles. The Hall–Kier alpha value is -2.87. The number of hydrogen-bond acceptors (Lipinski definition) is 6. The van der Waals surface area contributed by atoms with Crippen molar-refractivity contribution in [2.45, 2.75) is 12.8 Å². The van der Waals surface area contributed by atoms with E-state index in [-0.39, 0.29) is 11.8 Å². The van der Waals surface area contributed by atoms with E-state index in [0.717, 1.165) is 4.90 Å². The van der Waals surface area contributed by atoms with Gasteiger partial charge in [-0.3, -0.25) is 24.1 Å². The number of nitrogens with one attached hydrogen (secondary N) is 1. The summed E-state index contributed by atoms with van der Waals surface area (Å²) in [6.07, 6.45) is 4.71. The van der Waals surface area contributed by atoms with Crippen molar-refractivity contribution >= 4 is 41.0 Å². The predicted molar refractivity (Wildman–Crippen MR) is 99.7 cm³/mol. The number of carbonyl (C=O) groups excluding carboxylic acids is 4. The molecule has 3 amide bonds. The van der Waals surface area contributed by atoms with Gasteiger partial charge in [0.25, 0.3) is 5.91 Å². The fraction of sp³-hybridized carbons (Fsp3) is 0.368. The number of amides is 3. The van der Waals surface area contributed by atoms with Crippen LogP contribution in [0.2, 0.25) is 5.02 Å². The Kier molecular flexibility index (Phi) is 5.99. The topological polar surface area (TPSA) is 102 Å². The standard InChI is InChI=1S/C19H19ClN2O6/c1-27-15-7-6-11(20)8-14(15)21-16(23)10-28-17(24)9-22-18(25)12-4-2-3-5-13(12)19(22)26/h2-3,6-8,12-13H,4-5,9-10H2,1H3,(H,21,23)/t12-,13-/m1/s1. The van der Waals surface area contributed by atoms with Gasteiger partial charge in [-0.15, -0.1) is 0 Å². The lowest BCUT2D eigenvalue weighted by Crippen LogP contribution is -2.37. The van der Waals surface area contributed by atoms with Crippen LogP contribution in [0.3, 0.4) is 0 Å². The maximum absolute atomic E-state index is 12.3. The molecule has 0 unspecified atom stereocenters. The molecule has 8 nitrogen and oxygen atoms in total. The lowest BCUT2D eigenvalue weighted by molar-refractivity contribution is -0.154. The van der Waals surface area contributed by atoms with Crippen molar-refractivity contribution in [3.05, 3.63) is 35.4 Å². The fourth-order valence-corrected chi connectivity index (χ4v) is 3.48. The highest BCUT2D eigenvalue weighted by Gasteiger charge is 2.47. The number of anilines is 1. The number of nitrogens with zero attached hydrogens (tertiary/aromatic N) is 1. The molecule has 28 heavy (non-hydrogen) atoms. The number of methoxy groups -OCH3 is 1. The van der Waals surface area contributed by atoms with Gasteiger partial charge in [-0.1, -0.05) is 23.8 Å². The van der Waals surface area contributed by atoms with E-state index >= 15 is 0 Å². The normalized spacial score (nSPS) is 20.7.